The highest BCUT2D eigenvalue weighted by molar-refractivity contribution is 6.36. The minimum atomic E-state index is -4.91. The highest BCUT2D eigenvalue weighted by Crippen LogP contribution is 2.50. The van der Waals surface area contributed by atoms with Crippen LogP contribution < -0.4 is 14.8 Å². The van der Waals surface area contributed by atoms with Gasteiger partial charge in [-0.2, -0.15) is 31.3 Å². The second-order valence-electron chi connectivity index (χ2n) is 17.0. The van der Waals surface area contributed by atoms with Crippen LogP contribution in [0.2, 0.25) is 5.02 Å². The van der Waals surface area contributed by atoms with Crippen LogP contribution in [0, 0.1) is 5.92 Å². The van der Waals surface area contributed by atoms with Crippen LogP contribution >= 0.6 is 11.6 Å². The number of carbonyl (C=O) groups excluding carboxylic acids is 1. The van der Waals surface area contributed by atoms with E-state index in [0.29, 0.717) is 80.4 Å². The van der Waals surface area contributed by atoms with Gasteiger partial charge in [0, 0.05) is 44.2 Å². The van der Waals surface area contributed by atoms with E-state index in [-0.39, 0.29) is 70.1 Å². The molecule has 0 saturated carbocycles. The van der Waals surface area contributed by atoms with Gasteiger partial charge in [-0.3, -0.25) is 19.4 Å². The third-order valence-corrected chi connectivity index (χ3v) is 13.6. The van der Waals surface area contributed by atoms with E-state index in [1.165, 1.54) is 7.11 Å². The Labute approximate surface area is 360 Å². The Morgan fingerprint density at radius 2 is 1.68 bits per heavy atom. The molecule has 2 aliphatic carbocycles. The van der Waals surface area contributed by atoms with Crippen molar-refractivity contribution in [2.45, 2.75) is 81.5 Å². The molecule has 63 heavy (non-hydrogen) atoms. The van der Waals surface area contributed by atoms with Crippen LogP contribution in [0.3, 0.4) is 0 Å². The lowest BCUT2D eigenvalue weighted by molar-refractivity contribution is -0.144. The Hall–Kier alpha value is -5.46. The lowest BCUT2D eigenvalue weighted by atomic mass is 9.88. The highest BCUT2D eigenvalue weighted by Gasteiger charge is 2.49. The number of nitrogens with zero attached hydrogens (tertiary/aromatic N) is 5. The lowest BCUT2D eigenvalue weighted by Gasteiger charge is -2.47. The lowest BCUT2D eigenvalue weighted by Crippen LogP contribution is -2.66. The number of carbonyl (C=O) groups is 2. The fraction of sp³-hybridized carbons (Fsp3) is 0.432. The van der Waals surface area contributed by atoms with Crippen LogP contribution in [0.15, 0.2) is 46.9 Å². The number of hydrogen-bond acceptors (Lipinski definition) is 10. The Morgan fingerprint density at radius 3 is 2.38 bits per heavy atom. The van der Waals surface area contributed by atoms with Crippen LogP contribution in [0.25, 0.3) is 33.7 Å². The van der Waals surface area contributed by atoms with Crippen molar-refractivity contribution in [3.63, 3.8) is 0 Å². The summed E-state index contributed by atoms with van der Waals surface area (Å²) in [6, 6.07) is 11.5. The number of oxazole rings is 1. The summed E-state index contributed by atoms with van der Waals surface area (Å²) in [6.07, 6.45) is -7.83. The predicted molar refractivity (Wildman–Crippen MR) is 214 cm³/mol. The number of hydrogen-bond donors (Lipinski definition) is 2. The molecule has 1 amide bonds. The number of carboxylic acids is 1. The molecule has 2 N–H and O–H groups in total. The van der Waals surface area contributed by atoms with Gasteiger partial charge in [0.25, 0.3) is 0 Å². The number of carboxylic acid groups (broad SMARTS) is 1. The highest BCUT2D eigenvalue weighted by atomic mass is 35.5. The third-order valence-electron chi connectivity index (χ3n) is 13.2. The molecule has 19 heteroatoms. The Morgan fingerprint density at radius 1 is 0.937 bits per heavy atom. The second kappa shape index (κ2) is 15.1. The summed E-state index contributed by atoms with van der Waals surface area (Å²) in [5, 5.41) is 12.6. The van der Waals surface area contributed by atoms with E-state index in [1.807, 2.05) is 9.80 Å². The summed E-state index contributed by atoms with van der Waals surface area (Å²) in [4.78, 5) is 39.9. The molecule has 0 unspecified atom stereocenters. The molecule has 3 aliphatic heterocycles. The summed E-state index contributed by atoms with van der Waals surface area (Å²) in [5.41, 5.74) is 0.304. The van der Waals surface area contributed by atoms with E-state index in [1.54, 1.807) is 42.5 Å². The minimum Gasteiger partial charge on any atom is -0.481 e. The van der Waals surface area contributed by atoms with Crippen LogP contribution in [-0.2, 0) is 41.3 Å². The largest absolute Gasteiger partial charge is 0.481 e. The van der Waals surface area contributed by atoms with Crippen LogP contribution in [-0.4, -0.2) is 80.6 Å². The summed E-state index contributed by atoms with van der Waals surface area (Å²) in [7, 11) is 1.29. The molecule has 3 aromatic carbocycles. The van der Waals surface area contributed by atoms with Gasteiger partial charge >= 0.3 is 18.3 Å². The van der Waals surface area contributed by atoms with Crippen molar-refractivity contribution in [2.24, 2.45) is 5.92 Å². The monoisotopic (exact) mass is 896 g/mol. The topological polar surface area (TPSA) is 143 Å². The van der Waals surface area contributed by atoms with E-state index in [0.717, 1.165) is 5.56 Å². The van der Waals surface area contributed by atoms with Gasteiger partial charge in [0.2, 0.25) is 29.3 Å². The second-order valence-corrected chi connectivity index (χ2v) is 17.4. The fourth-order valence-electron chi connectivity index (χ4n) is 10.3. The molecule has 10 rings (SSSR count). The quantitative estimate of drug-likeness (QED) is 0.137. The van der Waals surface area contributed by atoms with Gasteiger partial charge in [-0.05, 0) is 85.0 Å². The van der Waals surface area contributed by atoms with Gasteiger partial charge in [-0.15, -0.1) is 0 Å². The molecule has 330 valence electrons. The number of aromatic nitrogens is 3. The summed E-state index contributed by atoms with van der Waals surface area (Å²) in [5.74, 6) is -2.54. The zero-order valence-electron chi connectivity index (χ0n) is 33.6. The molecular formula is C44H39ClF6N6O6. The summed E-state index contributed by atoms with van der Waals surface area (Å²) < 4.78 is 106. The molecule has 5 aliphatic rings. The van der Waals surface area contributed by atoms with Crippen LogP contribution in [0.5, 0.6) is 11.8 Å². The average molecular weight is 897 g/mol. The number of methoxy groups -OCH3 is 1. The summed E-state index contributed by atoms with van der Waals surface area (Å²) >= 11 is 7.08. The number of aliphatic carboxylic acids is 1. The molecule has 1 spiro atoms. The van der Waals surface area contributed by atoms with Gasteiger partial charge in [-0.25, -0.2) is 9.97 Å². The van der Waals surface area contributed by atoms with E-state index in [4.69, 9.17) is 25.5 Å². The van der Waals surface area contributed by atoms with Crippen molar-refractivity contribution in [3.05, 3.63) is 86.7 Å². The van der Waals surface area contributed by atoms with Gasteiger partial charge < -0.3 is 24.3 Å². The van der Waals surface area contributed by atoms with Crippen molar-refractivity contribution >= 4 is 34.6 Å². The van der Waals surface area contributed by atoms with Crippen LogP contribution in [0.4, 0.5) is 26.3 Å². The SMILES string of the molecule is COc1nc(O[C@H]2CCc3c(-c4cccc(-c5nc6cc7c(c(C(F)(F)F)c6o5)CC[C@H]7N5CC[C@@H](C(=O)O)C5)c4Cl)cccc32)c(C(F)(F)F)nc1CN1CC2(CCC(=O)N2)C1. The van der Waals surface area contributed by atoms with Crippen molar-refractivity contribution < 1.29 is 54.9 Å². The first-order valence-electron chi connectivity index (χ1n) is 20.6. The number of alkyl halides is 6. The molecule has 0 radical (unpaired) electrons. The first kappa shape index (κ1) is 41.5. The molecule has 12 nitrogen and oxygen atoms in total. The zero-order chi connectivity index (χ0) is 44.2. The Kier molecular flexibility index (Phi) is 9.94. The van der Waals surface area contributed by atoms with E-state index in [2.05, 4.69) is 20.3 Å². The average Bonchev–Trinajstić information content (AvgIpc) is 4.07. The van der Waals surface area contributed by atoms with Crippen molar-refractivity contribution in [2.75, 3.05) is 33.3 Å². The number of amides is 1. The number of fused-ring (bicyclic) bond motifs is 3. The number of ether oxygens (including phenoxy) is 2. The zero-order valence-corrected chi connectivity index (χ0v) is 34.4. The molecule has 5 aromatic rings. The number of halogens is 7. The number of rotatable bonds is 9. The van der Waals surface area contributed by atoms with Gasteiger partial charge in [0.15, 0.2) is 5.58 Å². The number of benzene rings is 3. The van der Waals surface area contributed by atoms with Gasteiger partial charge in [0.05, 0.1) is 29.2 Å². The molecule has 5 heterocycles. The van der Waals surface area contributed by atoms with Crippen molar-refractivity contribution in [1.29, 1.82) is 0 Å². The maximum absolute atomic E-state index is 14.9. The molecule has 3 atom stereocenters. The predicted octanol–water partition coefficient (Wildman–Crippen LogP) is 8.58. The molecule has 3 saturated heterocycles. The first-order valence-corrected chi connectivity index (χ1v) is 21.0. The van der Waals surface area contributed by atoms with Gasteiger partial charge in [0.1, 0.15) is 22.9 Å². The fourth-order valence-corrected chi connectivity index (χ4v) is 10.7. The van der Waals surface area contributed by atoms with E-state index < -0.39 is 59.1 Å². The van der Waals surface area contributed by atoms with Crippen molar-refractivity contribution in [3.8, 4) is 34.3 Å². The molecule has 3 fully saturated rings. The normalized spacial score (nSPS) is 22.1. The van der Waals surface area contributed by atoms with Gasteiger partial charge in [-0.1, -0.05) is 41.9 Å². The van der Waals surface area contributed by atoms with Crippen molar-refractivity contribution in [1.82, 2.24) is 30.1 Å². The summed E-state index contributed by atoms with van der Waals surface area (Å²) in [6.45, 7) is 1.65. The van der Waals surface area contributed by atoms with E-state index in [9.17, 15) is 41.0 Å². The minimum absolute atomic E-state index is 0.00184. The van der Waals surface area contributed by atoms with E-state index >= 15 is 0 Å². The third kappa shape index (κ3) is 7.23. The standard InChI is InChI=1S/C44H39ClF6N6O6/c1-61-39-30(18-56-19-42(20-56)14-12-33(58)55-42)52-37(44(49,50)51)40(54-39)62-32-11-9-23-22(4-2-5-24(23)32)26-6-3-7-27(35(26)45)38-53-29-16-28-25(34(36(29)63-38)43(46,47)48)8-10-31(28)57-15-13-21(17-57)41(59)60/h2-7,16,21,31-32H,8-15,17-20H2,1H3,(H,55,58)(H,59,60)/t21-,31-,32+/m1/s1. The maximum Gasteiger partial charge on any atom is 0.438 e. The molecular weight excluding hydrogens is 858 g/mol. The van der Waals surface area contributed by atoms with Crippen LogP contribution in [0.1, 0.15) is 83.5 Å². The smallest absolute Gasteiger partial charge is 0.438 e. The first-order chi connectivity index (χ1) is 30.0. The maximum atomic E-state index is 14.9. The Bertz CT molecular complexity index is 2700. The Balaban J connectivity index is 0.945. The number of likely N-dealkylation sites (tertiary alicyclic amines) is 2. The molecule has 0 bridgehead atoms. The number of nitrogens with one attached hydrogen (secondary N) is 1. The molecule has 2 aromatic heterocycles.